The Bertz CT molecular complexity index is 98.2. The van der Waals surface area contributed by atoms with Crippen LogP contribution in [0.1, 0.15) is 59.8 Å². The third kappa shape index (κ3) is 4.12. The van der Waals surface area contributed by atoms with Crippen molar-refractivity contribution in [3.63, 3.8) is 0 Å². The van der Waals surface area contributed by atoms with Crippen LogP contribution in [-0.4, -0.2) is 13.1 Å². The van der Waals surface area contributed by atoms with E-state index in [2.05, 4.69) is 19.2 Å². The molecule has 0 atom stereocenters. The van der Waals surface area contributed by atoms with Crippen LogP contribution in [-0.2, 0) is 0 Å². The second-order valence-electron chi connectivity index (χ2n) is 3.85. The molecule has 0 aromatic carbocycles. The molecular weight excluding hydrogens is 158 g/mol. The molecule has 1 rings (SSSR count). The number of hydrogen-bond acceptors (Lipinski definition) is 1. The quantitative estimate of drug-likeness (QED) is 0.708. The van der Waals surface area contributed by atoms with Gasteiger partial charge in [0.25, 0.3) is 0 Å². The molecule has 0 spiro atoms. The Morgan fingerprint density at radius 2 is 1.62 bits per heavy atom. The zero-order chi connectivity index (χ0) is 10.2. The third-order valence-corrected chi connectivity index (χ3v) is 3.19. The van der Waals surface area contributed by atoms with Crippen molar-refractivity contribution in [2.45, 2.75) is 59.8 Å². The van der Waals surface area contributed by atoms with Gasteiger partial charge >= 0.3 is 0 Å². The van der Waals surface area contributed by atoms with Gasteiger partial charge in [0.15, 0.2) is 0 Å². The molecule has 0 aliphatic carbocycles. The monoisotopic (exact) mass is 185 g/mol. The van der Waals surface area contributed by atoms with Crippen molar-refractivity contribution in [3.8, 4) is 0 Å². The zero-order valence-electron chi connectivity index (χ0n) is 9.95. The zero-order valence-corrected chi connectivity index (χ0v) is 9.95. The van der Waals surface area contributed by atoms with Gasteiger partial charge < -0.3 is 5.32 Å². The molecule has 1 saturated heterocycles. The van der Waals surface area contributed by atoms with E-state index in [1.165, 1.54) is 45.2 Å². The predicted molar refractivity (Wildman–Crippen MR) is 61.1 cm³/mol. The number of nitrogens with one attached hydrogen (secondary N) is 1. The van der Waals surface area contributed by atoms with Gasteiger partial charge in [-0.15, -0.1) is 0 Å². The summed E-state index contributed by atoms with van der Waals surface area (Å²) in [5.41, 5.74) is 0.708. The van der Waals surface area contributed by atoms with Crippen molar-refractivity contribution in [2.75, 3.05) is 13.1 Å². The Morgan fingerprint density at radius 1 is 1.08 bits per heavy atom. The van der Waals surface area contributed by atoms with Crippen molar-refractivity contribution in [1.82, 2.24) is 5.32 Å². The fourth-order valence-electron chi connectivity index (χ4n) is 2.27. The average molecular weight is 185 g/mol. The molecule has 0 bridgehead atoms. The van der Waals surface area contributed by atoms with E-state index >= 15 is 0 Å². The predicted octanol–water partition coefficient (Wildman–Crippen LogP) is 3.59. The fraction of sp³-hybridized carbons (Fsp3) is 1.00. The van der Waals surface area contributed by atoms with Crippen LogP contribution in [0.4, 0.5) is 0 Å². The molecule has 1 heterocycles. The van der Waals surface area contributed by atoms with Gasteiger partial charge in [-0.2, -0.15) is 0 Å². The Labute approximate surface area is 84.3 Å². The standard InChI is InChI=1S/C10H21N.C2H6/c1-3-5-10(4-2)6-8-11-9-7-10;1-2/h11H,3-9H2,1-2H3;1-2H3. The lowest BCUT2D eigenvalue weighted by molar-refractivity contribution is 0.175. The molecule has 13 heavy (non-hydrogen) atoms. The third-order valence-electron chi connectivity index (χ3n) is 3.19. The topological polar surface area (TPSA) is 12.0 Å². The molecular formula is C12H27N. The number of rotatable bonds is 3. The average Bonchev–Trinajstić information content (AvgIpc) is 2.23. The summed E-state index contributed by atoms with van der Waals surface area (Å²) in [5.74, 6) is 0. The number of hydrogen-bond donors (Lipinski definition) is 1. The smallest absolute Gasteiger partial charge is 0.00436 e. The minimum Gasteiger partial charge on any atom is -0.317 e. The molecule has 1 N–H and O–H groups in total. The van der Waals surface area contributed by atoms with Gasteiger partial charge in [-0.05, 0) is 37.8 Å². The van der Waals surface area contributed by atoms with Crippen molar-refractivity contribution in [3.05, 3.63) is 0 Å². The van der Waals surface area contributed by atoms with E-state index < -0.39 is 0 Å². The van der Waals surface area contributed by atoms with Crippen LogP contribution in [0.3, 0.4) is 0 Å². The van der Waals surface area contributed by atoms with Crippen molar-refractivity contribution in [2.24, 2.45) is 5.41 Å². The summed E-state index contributed by atoms with van der Waals surface area (Å²) in [7, 11) is 0. The maximum atomic E-state index is 3.43. The van der Waals surface area contributed by atoms with Crippen LogP contribution >= 0.6 is 0 Å². The van der Waals surface area contributed by atoms with Crippen LogP contribution in [0.15, 0.2) is 0 Å². The van der Waals surface area contributed by atoms with Crippen molar-refractivity contribution >= 4 is 0 Å². The van der Waals surface area contributed by atoms with Gasteiger partial charge in [0, 0.05) is 0 Å². The lowest BCUT2D eigenvalue weighted by Gasteiger charge is -2.36. The molecule has 1 aliphatic rings. The fourth-order valence-corrected chi connectivity index (χ4v) is 2.27. The highest BCUT2D eigenvalue weighted by Gasteiger charge is 2.28. The minimum atomic E-state index is 0.708. The Balaban J connectivity index is 0.000000671. The minimum absolute atomic E-state index is 0.708. The largest absolute Gasteiger partial charge is 0.317 e. The first-order chi connectivity index (χ1) is 6.33. The molecule has 80 valence electrons. The summed E-state index contributed by atoms with van der Waals surface area (Å²) < 4.78 is 0. The van der Waals surface area contributed by atoms with Crippen molar-refractivity contribution < 1.29 is 0 Å². The van der Waals surface area contributed by atoms with E-state index in [9.17, 15) is 0 Å². The second kappa shape index (κ2) is 7.37. The molecule has 0 radical (unpaired) electrons. The van der Waals surface area contributed by atoms with Gasteiger partial charge in [0.1, 0.15) is 0 Å². The normalized spacial score (nSPS) is 20.3. The van der Waals surface area contributed by atoms with Gasteiger partial charge in [0.2, 0.25) is 0 Å². The molecule has 1 nitrogen and oxygen atoms in total. The van der Waals surface area contributed by atoms with Crippen molar-refractivity contribution in [1.29, 1.82) is 0 Å². The van der Waals surface area contributed by atoms with Gasteiger partial charge in [0.05, 0.1) is 0 Å². The summed E-state index contributed by atoms with van der Waals surface area (Å²) in [4.78, 5) is 0. The second-order valence-corrected chi connectivity index (χ2v) is 3.85. The molecule has 1 heteroatoms. The SMILES string of the molecule is CC.CCCC1(CC)CCNCC1. The van der Waals surface area contributed by atoms with Crippen LogP contribution in [0.5, 0.6) is 0 Å². The molecule has 0 aromatic rings. The molecule has 0 unspecified atom stereocenters. The summed E-state index contributed by atoms with van der Waals surface area (Å²) in [5, 5.41) is 3.43. The lowest BCUT2D eigenvalue weighted by atomic mass is 9.73. The van der Waals surface area contributed by atoms with Crippen LogP contribution in [0.25, 0.3) is 0 Å². The Kier molecular flexibility index (Phi) is 7.35. The highest BCUT2D eigenvalue weighted by Crippen LogP contribution is 2.36. The van der Waals surface area contributed by atoms with Crippen LogP contribution in [0.2, 0.25) is 0 Å². The van der Waals surface area contributed by atoms with Crippen LogP contribution < -0.4 is 5.32 Å². The van der Waals surface area contributed by atoms with Gasteiger partial charge in [-0.3, -0.25) is 0 Å². The van der Waals surface area contributed by atoms with E-state index in [0.717, 1.165) is 0 Å². The first-order valence-corrected chi connectivity index (χ1v) is 6.04. The highest BCUT2D eigenvalue weighted by atomic mass is 14.9. The highest BCUT2D eigenvalue weighted by molar-refractivity contribution is 4.82. The maximum Gasteiger partial charge on any atom is -0.00436 e. The summed E-state index contributed by atoms with van der Waals surface area (Å²) >= 11 is 0. The molecule has 1 fully saturated rings. The summed E-state index contributed by atoms with van der Waals surface area (Å²) in [6.45, 7) is 11.1. The van der Waals surface area contributed by atoms with Gasteiger partial charge in [-0.25, -0.2) is 0 Å². The molecule has 0 amide bonds. The maximum absolute atomic E-state index is 3.43. The van der Waals surface area contributed by atoms with E-state index in [-0.39, 0.29) is 0 Å². The molecule has 0 aromatic heterocycles. The first kappa shape index (κ1) is 13.0. The Hall–Kier alpha value is -0.0400. The van der Waals surface area contributed by atoms with E-state index in [4.69, 9.17) is 0 Å². The molecule has 0 saturated carbocycles. The Morgan fingerprint density at radius 3 is 2.00 bits per heavy atom. The first-order valence-electron chi connectivity index (χ1n) is 6.04. The summed E-state index contributed by atoms with van der Waals surface area (Å²) in [6.07, 6.45) is 6.97. The lowest BCUT2D eigenvalue weighted by Crippen LogP contribution is -2.36. The molecule has 1 aliphatic heterocycles. The van der Waals surface area contributed by atoms with E-state index in [0.29, 0.717) is 5.41 Å². The van der Waals surface area contributed by atoms with Gasteiger partial charge in [-0.1, -0.05) is 40.5 Å². The van der Waals surface area contributed by atoms with E-state index in [1.807, 2.05) is 13.8 Å². The van der Waals surface area contributed by atoms with Crippen LogP contribution in [0, 0.1) is 5.41 Å². The summed E-state index contributed by atoms with van der Waals surface area (Å²) in [6, 6.07) is 0. The number of piperidine rings is 1. The van der Waals surface area contributed by atoms with E-state index in [1.54, 1.807) is 0 Å².